The van der Waals surface area contributed by atoms with E-state index in [0.717, 1.165) is 25.7 Å². The van der Waals surface area contributed by atoms with Gasteiger partial charge in [0.25, 0.3) is 11.8 Å². The molecule has 0 saturated heterocycles. The SMILES string of the molecule is COc1ccc(NC(=O)COc2ccc(C(=O)OCC(=O)NC3CCCCC3)cc2OC)cc1. The van der Waals surface area contributed by atoms with Crippen molar-refractivity contribution >= 4 is 23.5 Å². The Morgan fingerprint density at radius 1 is 0.853 bits per heavy atom. The first-order valence-electron chi connectivity index (χ1n) is 11.2. The van der Waals surface area contributed by atoms with Crippen molar-refractivity contribution in [2.45, 2.75) is 38.1 Å². The molecule has 1 fully saturated rings. The zero-order valence-electron chi connectivity index (χ0n) is 19.4. The molecule has 0 heterocycles. The summed E-state index contributed by atoms with van der Waals surface area (Å²) in [4.78, 5) is 36.6. The molecule has 0 radical (unpaired) electrons. The van der Waals surface area contributed by atoms with Crippen molar-refractivity contribution in [2.75, 3.05) is 32.8 Å². The van der Waals surface area contributed by atoms with Crippen LogP contribution in [0.3, 0.4) is 0 Å². The van der Waals surface area contributed by atoms with Crippen molar-refractivity contribution in [3.8, 4) is 17.2 Å². The number of carbonyl (C=O) groups is 3. The van der Waals surface area contributed by atoms with Gasteiger partial charge in [0.1, 0.15) is 5.75 Å². The lowest BCUT2D eigenvalue weighted by atomic mass is 9.95. The van der Waals surface area contributed by atoms with E-state index in [4.69, 9.17) is 18.9 Å². The molecule has 1 aliphatic rings. The number of rotatable bonds is 10. The summed E-state index contributed by atoms with van der Waals surface area (Å²) in [5, 5.41) is 5.62. The van der Waals surface area contributed by atoms with Crippen LogP contribution in [-0.2, 0) is 14.3 Å². The van der Waals surface area contributed by atoms with Gasteiger partial charge < -0.3 is 29.6 Å². The molecule has 34 heavy (non-hydrogen) atoms. The average molecular weight is 471 g/mol. The molecule has 2 aromatic carbocycles. The zero-order valence-corrected chi connectivity index (χ0v) is 19.4. The van der Waals surface area contributed by atoms with Gasteiger partial charge in [-0.2, -0.15) is 0 Å². The molecule has 2 amide bonds. The highest BCUT2D eigenvalue weighted by atomic mass is 16.5. The second-order valence-electron chi connectivity index (χ2n) is 7.91. The third-order valence-corrected chi connectivity index (χ3v) is 5.44. The summed E-state index contributed by atoms with van der Waals surface area (Å²) in [5.41, 5.74) is 0.810. The highest BCUT2D eigenvalue weighted by Crippen LogP contribution is 2.28. The second-order valence-corrected chi connectivity index (χ2v) is 7.91. The van der Waals surface area contributed by atoms with Gasteiger partial charge in [-0.15, -0.1) is 0 Å². The number of nitrogens with one attached hydrogen (secondary N) is 2. The van der Waals surface area contributed by atoms with E-state index in [1.165, 1.54) is 31.7 Å². The Bertz CT molecular complexity index is 985. The zero-order chi connectivity index (χ0) is 24.3. The van der Waals surface area contributed by atoms with Crippen LogP contribution < -0.4 is 24.8 Å². The number of methoxy groups -OCH3 is 2. The number of benzene rings is 2. The maximum atomic E-state index is 12.4. The predicted octanol–water partition coefficient (Wildman–Crippen LogP) is 3.33. The minimum absolute atomic E-state index is 0.151. The third kappa shape index (κ3) is 7.40. The molecule has 0 aliphatic heterocycles. The molecular weight excluding hydrogens is 440 g/mol. The predicted molar refractivity (Wildman–Crippen MR) is 125 cm³/mol. The van der Waals surface area contributed by atoms with Gasteiger partial charge >= 0.3 is 5.97 Å². The molecule has 0 atom stereocenters. The van der Waals surface area contributed by atoms with E-state index in [2.05, 4.69) is 10.6 Å². The lowest BCUT2D eigenvalue weighted by molar-refractivity contribution is -0.125. The van der Waals surface area contributed by atoms with Crippen molar-refractivity contribution in [1.29, 1.82) is 0 Å². The van der Waals surface area contributed by atoms with Crippen LogP contribution in [-0.4, -0.2) is 51.3 Å². The lowest BCUT2D eigenvalue weighted by Crippen LogP contribution is -2.38. The summed E-state index contributed by atoms with van der Waals surface area (Å²) < 4.78 is 21.0. The Kier molecular flexibility index (Phi) is 9.13. The molecule has 0 unspecified atom stereocenters. The second kappa shape index (κ2) is 12.5. The maximum absolute atomic E-state index is 12.4. The fourth-order valence-electron chi connectivity index (χ4n) is 3.66. The van der Waals surface area contributed by atoms with Crippen LogP contribution in [0.15, 0.2) is 42.5 Å². The van der Waals surface area contributed by atoms with E-state index < -0.39 is 5.97 Å². The molecular formula is C25H30N2O7. The summed E-state index contributed by atoms with van der Waals surface area (Å²) in [6, 6.07) is 11.5. The topological polar surface area (TPSA) is 112 Å². The number of hydrogen-bond acceptors (Lipinski definition) is 7. The first kappa shape index (κ1) is 24.9. The number of hydrogen-bond donors (Lipinski definition) is 2. The van der Waals surface area contributed by atoms with Crippen LogP contribution >= 0.6 is 0 Å². The van der Waals surface area contributed by atoms with Crippen LogP contribution in [0.1, 0.15) is 42.5 Å². The number of anilines is 1. The molecule has 9 nitrogen and oxygen atoms in total. The number of ether oxygens (including phenoxy) is 4. The first-order chi connectivity index (χ1) is 16.5. The Balaban J connectivity index is 1.49. The standard InChI is InChI=1S/C25H30N2O7/c1-31-20-11-9-19(10-12-20)27-23(28)15-33-21-13-8-17(14-22(21)32-2)25(30)34-16-24(29)26-18-6-4-3-5-7-18/h8-14,18H,3-7,15-16H2,1-2H3,(H,26,29)(H,27,28). The molecule has 3 rings (SSSR count). The molecule has 1 aliphatic carbocycles. The van der Waals surface area contributed by atoms with Crippen molar-refractivity contribution in [3.05, 3.63) is 48.0 Å². The Morgan fingerprint density at radius 3 is 2.26 bits per heavy atom. The lowest BCUT2D eigenvalue weighted by Gasteiger charge is -2.22. The fourth-order valence-corrected chi connectivity index (χ4v) is 3.66. The van der Waals surface area contributed by atoms with E-state index in [9.17, 15) is 14.4 Å². The minimum Gasteiger partial charge on any atom is -0.497 e. The molecule has 0 spiro atoms. The van der Waals surface area contributed by atoms with Crippen LogP contribution in [0, 0.1) is 0 Å². The van der Waals surface area contributed by atoms with E-state index >= 15 is 0 Å². The van der Waals surface area contributed by atoms with E-state index in [0.29, 0.717) is 17.2 Å². The van der Waals surface area contributed by atoms with Gasteiger partial charge in [0.2, 0.25) is 0 Å². The molecule has 2 aromatic rings. The fraction of sp³-hybridized carbons (Fsp3) is 0.400. The van der Waals surface area contributed by atoms with Crippen LogP contribution in [0.25, 0.3) is 0 Å². The molecule has 1 saturated carbocycles. The highest BCUT2D eigenvalue weighted by Gasteiger charge is 2.18. The number of carbonyl (C=O) groups excluding carboxylic acids is 3. The Morgan fingerprint density at radius 2 is 1.59 bits per heavy atom. The molecule has 182 valence electrons. The molecule has 0 bridgehead atoms. The summed E-state index contributed by atoms with van der Waals surface area (Å²) in [6.07, 6.45) is 5.30. The summed E-state index contributed by atoms with van der Waals surface area (Å²) in [5.74, 6) is -0.0876. The van der Waals surface area contributed by atoms with Gasteiger partial charge in [0.05, 0.1) is 19.8 Å². The smallest absolute Gasteiger partial charge is 0.338 e. The Labute approximate surface area is 198 Å². The normalized spacial score (nSPS) is 13.5. The maximum Gasteiger partial charge on any atom is 0.338 e. The van der Waals surface area contributed by atoms with Gasteiger partial charge in [-0.1, -0.05) is 19.3 Å². The minimum atomic E-state index is -0.652. The van der Waals surface area contributed by atoms with Gasteiger partial charge in [0, 0.05) is 11.7 Å². The molecule has 0 aromatic heterocycles. The monoisotopic (exact) mass is 470 g/mol. The first-order valence-corrected chi connectivity index (χ1v) is 11.2. The van der Waals surface area contributed by atoms with E-state index in [1.807, 2.05) is 0 Å². The highest BCUT2D eigenvalue weighted by molar-refractivity contribution is 5.93. The average Bonchev–Trinajstić information content (AvgIpc) is 2.87. The number of esters is 1. The van der Waals surface area contributed by atoms with Crippen molar-refractivity contribution < 1.29 is 33.3 Å². The molecule has 9 heteroatoms. The summed E-state index contributed by atoms with van der Waals surface area (Å²) in [7, 11) is 2.99. The number of amides is 2. The Hall–Kier alpha value is -3.75. The van der Waals surface area contributed by atoms with Crippen LogP contribution in [0.5, 0.6) is 17.2 Å². The van der Waals surface area contributed by atoms with Crippen molar-refractivity contribution in [2.24, 2.45) is 0 Å². The van der Waals surface area contributed by atoms with Crippen molar-refractivity contribution in [1.82, 2.24) is 5.32 Å². The van der Waals surface area contributed by atoms with Crippen LogP contribution in [0.4, 0.5) is 5.69 Å². The van der Waals surface area contributed by atoms with Gasteiger partial charge in [-0.25, -0.2) is 4.79 Å². The van der Waals surface area contributed by atoms with Crippen molar-refractivity contribution in [3.63, 3.8) is 0 Å². The van der Waals surface area contributed by atoms with Gasteiger partial charge in [-0.3, -0.25) is 9.59 Å². The summed E-state index contributed by atoms with van der Waals surface area (Å²) in [6.45, 7) is -0.602. The van der Waals surface area contributed by atoms with Crippen LogP contribution in [0.2, 0.25) is 0 Å². The third-order valence-electron chi connectivity index (χ3n) is 5.44. The van der Waals surface area contributed by atoms with E-state index in [-0.39, 0.29) is 42.4 Å². The van der Waals surface area contributed by atoms with Gasteiger partial charge in [0.15, 0.2) is 24.7 Å². The largest absolute Gasteiger partial charge is 0.497 e. The van der Waals surface area contributed by atoms with Gasteiger partial charge in [-0.05, 0) is 55.3 Å². The summed E-state index contributed by atoms with van der Waals surface area (Å²) >= 11 is 0. The molecule has 2 N–H and O–H groups in total. The van der Waals surface area contributed by atoms with E-state index in [1.54, 1.807) is 31.4 Å². The quantitative estimate of drug-likeness (QED) is 0.512.